The van der Waals surface area contributed by atoms with Gasteiger partial charge in [0, 0.05) is 22.9 Å². The number of halogens is 1. The van der Waals surface area contributed by atoms with Crippen molar-refractivity contribution in [3.63, 3.8) is 0 Å². The Bertz CT molecular complexity index is 82.1. The van der Waals surface area contributed by atoms with Gasteiger partial charge in [-0.1, -0.05) is 6.92 Å². The molecule has 0 aliphatic rings. The third kappa shape index (κ3) is 2.46. The Morgan fingerprint density at radius 2 is 2.50 bits per heavy atom. The van der Waals surface area contributed by atoms with Crippen LogP contribution in [0.15, 0.2) is 0 Å². The van der Waals surface area contributed by atoms with Crippen molar-refractivity contribution in [3.8, 4) is 0 Å². The van der Waals surface area contributed by atoms with E-state index in [1.54, 1.807) is 0 Å². The van der Waals surface area contributed by atoms with Gasteiger partial charge >= 0.3 is 5.97 Å². The van der Waals surface area contributed by atoms with E-state index in [-0.39, 0.29) is 0 Å². The zero-order valence-corrected chi connectivity index (χ0v) is 6.68. The van der Waals surface area contributed by atoms with E-state index in [0.717, 1.165) is 0 Å². The number of carboxylic acid groups (broad SMARTS) is 1. The Kier molecular flexibility index (Phi) is 4.16. The van der Waals surface area contributed by atoms with Crippen molar-refractivity contribution < 1.29 is 9.90 Å². The third-order valence-corrected chi connectivity index (χ3v) is 1.59. The van der Waals surface area contributed by atoms with Crippen LogP contribution in [0.5, 0.6) is 0 Å². The van der Waals surface area contributed by atoms with Gasteiger partial charge in [-0.25, -0.2) is 3.53 Å². The molecule has 0 aliphatic heterocycles. The van der Waals surface area contributed by atoms with Crippen LogP contribution in [0, 0.1) is 0 Å². The molecule has 0 rings (SSSR count). The highest BCUT2D eigenvalue weighted by molar-refractivity contribution is 14.1. The van der Waals surface area contributed by atoms with E-state index in [2.05, 4.69) is 3.53 Å². The summed E-state index contributed by atoms with van der Waals surface area (Å²) in [6.45, 7) is 1.82. The van der Waals surface area contributed by atoms with Gasteiger partial charge in [-0.2, -0.15) is 0 Å². The summed E-state index contributed by atoms with van der Waals surface area (Å²) in [6, 6.07) is -0.393. The minimum absolute atomic E-state index is 0.393. The van der Waals surface area contributed by atoms with Gasteiger partial charge in [0.05, 0.1) is 0 Å². The van der Waals surface area contributed by atoms with Gasteiger partial charge in [-0.3, -0.25) is 4.79 Å². The standard InChI is InChI=1S/C4H8INO2/c1-2-3(6-5)4(7)8/h3,6H,2H2,1H3,(H,7,8). The number of nitrogens with one attached hydrogen (secondary N) is 1. The lowest BCUT2D eigenvalue weighted by atomic mass is 10.2. The fourth-order valence-electron chi connectivity index (χ4n) is 0.298. The molecule has 8 heavy (non-hydrogen) atoms. The molecule has 2 N–H and O–H groups in total. The van der Waals surface area contributed by atoms with Crippen molar-refractivity contribution in [3.05, 3.63) is 0 Å². The second-order valence-electron chi connectivity index (χ2n) is 1.41. The first kappa shape index (κ1) is 8.16. The SMILES string of the molecule is CCC(NI)C(=O)O. The normalized spacial score (nSPS) is 13.2. The highest BCUT2D eigenvalue weighted by Gasteiger charge is 2.10. The van der Waals surface area contributed by atoms with Crippen LogP contribution in [0.2, 0.25) is 0 Å². The molecule has 0 spiro atoms. The molecule has 0 heterocycles. The zero-order valence-electron chi connectivity index (χ0n) is 4.52. The topological polar surface area (TPSA) is 49.3 Å². The van der Waals surface area contributed by atoms with Crippen LogP contribution in [-0.4, -0.2) is 17.1 Å². The maximum atomic E-state index is 10.1. The first-order chi connectivity index (χ1) is 3.72. The van der Waals surface area contributed by atoms with Crippen molar-refractivity contribution in [1.29, 1.82) is 0 Å². The Morgan fingerprint density at radius 3 is 2.50 bits per heavy atom. The molecular formula is C4H8INO2. The average molecular weight is 229 g/mol. The van der Waals surface area contributed by atoms with Crippen LogP contribution in [0.25, 0.3) is 0 Å². The molecule has 0 saturated heterocycles. The predicted octanol–water partition coefficient (Wildman–Crippen LogP) is 0.789. The zero-order chi connectivity index (χ0) is 6.57. The highest BCUT2D eigenvalue weighted by Crippen LogP contribution is 1.91. The maximum absolute atomic E-state index is 10.1. The smallest absolute Gasteiger partial charge is 0.321 e. The second-order valence-corrected chi connectivity index (χ2v) is 2.03. The van der Waals surface area contributed by atoms with Gasteiger partial charge in [0.25, 0.3) is 0 Å². The summed E-state index contributed by atoms with van der Waals surface area (Å²) in [7, 11) is 0. The monoisotopic (exact) mass is 229 g/mol. The predicted molar refractivity (Wildman–Crippen MR) is 38.9 cm³/mol. The Labute approximate surface area is 62.0 Å². The fraction of sp³-hybridized carbons (Fsp3) is 0.750. The largest absolute Gasteiger partial charge is 0.480 e. The minimum atomic E-state index is -0.790. The lowest BCUT2D eigenvalue weighted by molar-refractivity contribution is -0.138. The molecule has 0 radical (unpaired) electrons. The summed E-state index contributed by atoms with van der Waals surface area (Å²) in [4.78, 5) is 10.1. The molecule has 0 fully saturated rings. The van der Waals surface area contributed by atoms with Crippen LogP contribution in [0.4, 0.5) is 0 Å². The molecule has 1 unspecified atom stereocenters. The fourth-order valence-corrected chi connectivity index (χ4v) is 1.01. The molecule has 0 aromatic carbocycles. The van der Waals surface area contributed by atoms with Crippen LogP contribution in [-0.2, 0) is 4.79 Å². The molecule has 0 amide bonds. The number of rotatable bonds is 3. The first-order valence-electron chi connectivity index (χ1n) is 2.31. The highest BCUT2D eigenvalue weighted by atomic mass is 127. The molecule has 48 valence electrons. The van der Waals surface area contributed by atoms with Crippen molar-refractivity contribution in [1.82, 2.24) is 3.53 Å². The van der Waals surface area contributed by atoms with Gasteiger partial charge in [0.2, 0.25) is 0 Å². The minimum Gasteiger partial charge on any atom is -0.480 e. The van der Waals surface area contributed by atoms with Crippen LogP contribution >= 0.6 is 22.9 Å². The van der Waals surface area contributed by atoms with E-state index in [9.17, 15) is 4.79 Å². The number of carbonyl (C=O) groups is 1. The van der Waals surface area contributed by atoms with E-state index < -0.39 is 12.0 Å². The molecule has 0 saturated carbocycles. The Hall–Kier alpha value is 0.160. The van der Waals surface area contributed by atoms with Crippen molar-refractivity contribution >= 4 is 28.8 Å². The van der Waals surface area contributed by atoms with Gasteiger partial charge < -0.3 is 5.11 Å². The summed E-state index contributed by atoms with van der Waals surface area (Å²) in [5, 5.41) is 8.31. The molecule has 1 atom stereocenters. The van der Waals surface area contributed by atoms with Gasteiger partial charge in [0.1, 0.15) is 6.04 Å². The maximum Gasteiger partial charge on any atom is 0.321 e. The molecule has 0 bridgehead atoms. The van der Waals surface area contributed by atoms with E-state index in [1.807, 2.05) is 29.8 Å². The Morgan fingerprint density at radius 1 is 2.00 bits per heavy atom. The first-order valence-corrected chi connectivity index (χ1v) is 3.39. The molecule has 0 aliphatic carbocycles. The van der Waals surface area contributed by atoms with E-state index >= 15 is 0 Å². The summed E-state index contributed by atoms with van der Waals surface area (Å²) >= 11 is 1.83. The van der Waals surface area contributed by atoms with E-state index in [4.69, 9.17) is 5.11 Å². The van der Waals surface area contributed by atoms with Gasteiger partial charge in [-0.15, -0.1) is 0 Å². The number of hydrogen-bond donors (Lipinski definition) is 2. The van der Waals surface area contributed by atoms with Crippen molar-refractivity contribution in [2.24, 2.45) is 0 Å². The van der Waals surface area contributed by atoms with Crippen molar-refractivity contribution in [2.45, 2.75) is 19.4 Å². The number of aliphatic carboxylic acids is 1. The molecule has 4 heteroatoms. The quantitative estimate of drug-likeness (QED) is 0.555. The van der Waals surface area contributed by atoms with Crippen molar-refractivity contribution in [2.75, 3.05) is 0 Å². The van der Waals surface area contributed by atoms with Crippen LogP contribution in [0.1, 0.15) is 13.3 Å². The Balaban J connectivity index is 3.52. The lowest BCUT2D eigenvalue weighted by Crippen LogP contribution is -2.28. The summed E-state index contributed by atoms with van der Waals surface area (Å²) in [5.74, 6) is -0.790. The molecule has 0 aromatic heterocycles. The summed E-state index contributed by atoms with van der Waals surface area (Å²) in [6.07, 6.45) is 0.623. The lowest BCUT2D eigenvalue weighted by Gasteiger charge is -2.03. The second kappa shape index (κ2) is 4.08. The average Bonchev–Trinajstić information content (AvgIpc) is 1.69. The van der Waals surface area contributed by atoms with Crippen LogP contribution < -0.4 is 3.53 Å². The van der Waals surface area contributed by atoms with E-state index in [1.165, 1.54) is 0 Å². The summed E-state index contributed by atoms with van der Waals surface area (Å²) < 4.78 is 2.62. The molecular weight excluding hydrogens is 221 g/mol. The van der Waals surface area contributed by atoms with Crippen LogP contribution in [0.3, 0.4) is 0 Å². The van der Waals surface area contributed by atoms with E-state index in [0.29, 0.717) is 6.42 Å². The molecule has 0 aromatic rings. The van der Waals surface area contributed by atoms with Gasteiger partial charge in [0.15, 0.2) is 0 Å². The third-order valence-electron chi connectivity index (χ3n) is 0.838. The number of carboxylic acids is 1. The summed E-state index contributed by atoms with van der Waals surface area (Å²) in [5.41, 5.74) is 0. The molecule has 3 nitrogen and oxygen atoms in total. The number of hydrogen-bond acceptors (Lipinski definition) is 2. The van der Waals surface area contributed by atoms with Gasteiger partial charge in [-0.05, 0) is 6.42 Å².